The normalized spacial score (nSPS) is 31.5. The Morgan fingerprint density at radius 2 is 2.31 bits per heavy atom. The smallest absolute Gasteiger partial charge is 0.308 e. The molecular weight excluding hydrogens is 166 g/mol. The van der Waals surface area contributed by atoms with Gasteiger partial charge in [0.25, 0.3) is 0 Å². The molecule has 3 atom stereocenters. The molecule has 0 spiro atoms. The van der Waals surface area contributed by atoms with E-state index in [0.29, 0.717) is 6.54 Å². The van der Waals surface area contributed by atoms with Crippen LogP contribution in [0.5, 0.6) is 0 Å². The number of carboxylic acids is 1. The standard InChI is InChI=1S/C10H17NO2/c1-4-8(3)11-5-7(2)9(6-11)10(12)13/h4,7-9H,1,5-6H2,2-3H3,(H,12,13). The van der Waals surface area contributed by atoms with Crippen molar-refractivity contribution in [3.8, 4) is 0 Å². The van der Waals surface area contributed by atoms with Crippen LogP contribution in [0.1, 0.15) is 13.8 Å². The van der Waals surface area contributed by atoms with Crippen LogP contribution in [0, 0.1) is 11.8 Å². The van der Waals surface area contributed by atoms with Crippen LogP contribution in [0.25, 0.3) is 0 Å². The summed E-state index contributed by atoms with van der Waals surface area (Å²) in [6, 6.07) is 0.284. The molecule has 13 heavy (non-hydrogen) atoms. The number of carboxylic acid groups (broad SMARTS) is 1. The highest BCUT2D eigenvalue weighted by Crippen LogP contribution is 2.24. The maximum absolute atomic E-state index is 10.8. The van der Waals surface area contributed by atoms with Crippen molar-refractivity contribution in [3.63, 3.8) is 0 Å². The topological polar surface area (TPSA) is 40.5 Å². The number of nitrogens with zero attached hydrogens (tertiary/aromatic N) is 1. The van der Waals surface area contributed by atoms with Crippen LogP contribution >= 0.6 is 0 Å². The molecular formula is C10H17NO2. The average Bonchev–Trinajstić information content (AvgIpc) is 2.46. The van der Waals surface area contributed by atoms with Gasteiger partial charge in [0.05, 0.1) is 5.92 Å². The molecule has 0 saturated carbocycles. The van der Waals surface area contributed by atoms with Gasteiger partial charge in [-0.1, -0.05) is 13.0 Å². The minimum absolute atomic E-state index is 0.206. The highest BCUT2D eigenvalue weighted by molar-refractivity contribution is 5.71. The third kappa shape index (κ3) is 2.10. The van der Waals surface area contributed by atoms with E-state index in [-0.39, 0.29) is 17.9 Å². The van der Waals surface area contributed by atoms with Gasteiger partial charge in [-0.2, -0.15) is 0 Å². The lowest BCUT2D eigenvalue weighted by Crippen LogP contribution is -2.30. The molecule has 3 nitrogen and oxygen atoms in total. The molecule has 0 aliphatic carbocycles. The first-order chi connectivity index (χ1) is 6.06. The van der Waals surface area contributed by atoms with Crippen molar-refractivity contribution in [2.45, 2.75) is 19.9 Å². The fraction of sp³-hybridized carbons (Fsp3) is 0.700. The molecule has 1 fully saturated rings. The summed E-state index contributed by atoms with van der Waals surface area (Å²) in [5, 5.41) is 8.90. The average molecular weight is 183 g/mol. The number of rotatable bonds is 3. The lowest BCUT2D eigenvalue weighted by molar-refractivity contribution is -0.142. The Morgan fingerprint density at radius 3 is 2.69 bits per heavy atom. The van der Waals surface area contributed by atoms with Crippen molar-refractivity contribution >= 4 is 5.97 Å². The van der Waals surface area contributed by atoms with Gasteiger partial charge in [-0.25, -0.2) is 0 Å². The molecule has 3 heteroatoms. The van der Waals surface area contributed by atoms with E-state index in [4.69, 9.17) is 5.11 Å². The molecule has 1 aliphatic rings. The van der Waals surface area contributed by atoms with Gasteiger partial charge in [-0.15, -0.1) is 6.58 Å². The van der Waals surface area contributed by atoms with Crippen LogP contribution in [0.15, 0.2) is 12.7 Å². The summed E-state index contributed by atoms with van der Waals surface area (Å²) in [6.45, 7) is 9.27. The van der Waals surface area contributed by atoms with E-state index in [9.17, 15) is 4.79 Å². The van der Waals surface area contributed by atoms with Crippen molar-refractivity contribution in [3.05, 3.63) is 12.7 Å². The highest BCUT2D eigenvalue weighted by Gasteiger charge is 2.35. The van der Waals surface area contributed by atoms with Crippen molar-refractivity contribution in [1.29, 1.82) is 0 Å². The summed E-state index contributed by atoms with van der Waals surface area (Å²) in [6.07, 6.45) is 1.86. The molecule has 0 aromatic carbocycles. The van der Waals surface area contributed by atoms with Crippen molar-refractivity contribution in [2.24, 2.45) is 11.8 Å². The molecule has 0 aromatic rings. The van der Waals surface area contributed by atoms with E-state index < -0.39 is 5.97 Å². The quantitative estimate of drug-likeness (QED) is 0.669. The molecule has 0 aromatic heterocycles. The monoisotopic (exact) mass is 183 g/mol. The first-order valence-corrected chi connectivity index (χ1v) is 4.65. The highest BCUT2D eigenvalue weighted by atomic mass is 16.4. The summed E-state index contributed by atoms with van der Waals surface area (Å²) in [4.78, 5) is 13.0. The molecule has 3 unspecified atom stereocenters. The zero-order chi connectivity index (χ0) is 10.0. The van der Waals surface area contributed by atoms with Crippen molar-refractivity contribution in [2.75, 3.05) is 13.1 Å². The fourth-order valence-corrected chi connectivity index (χ4v) is 1.81. The van der Waals surface area contributed by atoms with Gasteiger partial charge < -0.3 is 5.11 Å². The number of hydrogen-bond donors (Lipinski definition) is 1. The van der Waals surface area contributed by atoms with Gasteiger partial charge >= 0.3 is 5.97 Å². The molecule has 0 bridgehead atoms. The van der Waals surface area contributed by atoms with Crippen LogP contribution in [-0.4, -0.2) is 35.1 Å². The van der Waals surface area contributed by atoms with Crippen LogP contribution in [-0.2, 0) is 4.79 Å². The van der Waals surface area contributed by atoms with Gasteiger partial charge in [0, 0.05) is 19.1 Å². The number of hydrogen-bond acceptors (Lipinski definition) is 2. The second kappa shape index (κ2) is 3.92. The molecule has 0 amide bonds. The maximum Gasteiger partial charge on any atom is 0.308 e. The lowest BCUT2D eigenvalue weighted by atomic mass is 9.99. The van der Waals surface area contributed by atoms with Crippen LogP contribution < -0.4 is 0 Å². The Bertz CT molecular complexity index is 215. The van der Waals surface area contributed by atoms with E-state index in [1.54, 1.807) is 0 Å². The van der Waals surface area contributed by atoms with Gasteiger partial charge in [0.2, 0.25) is 0 Å². The van der Waals surface area contributed by atoms with E-state index in [1.165, 1.54) is 0 Å². The minimum Gasteiger partial charge on any atom is -0.481 e. The summed E-state index contributed by atoms with van der Waals surface area (Å²) in [5.41, 5.74) is 0. The van der Waals surface area contributed by atoms with E-state index in [2.05, 4.69) is 11.5 Å². The Hall–Kier alpha value is -0.830. The Balaban J connectivity index is 2.59. The van der Waals surface area contributed by atoms with Gasteiger partial charge in [0.15, 0.2) is 0 Å². The van der Waals surface area contributed by atoms with Gasteiger partial charge in [-0.05, 0) is 12.8 Å². The molecule has 1 saturated heterocycles. The predicted octanol–water partition coefficient (Wildman–Crippen LogP) is 1.21. The largest absolute Gasteiger partial charge is 0.481 e. The van der Waals surface area contributed by atoms with Gasteiger partial charge in [-0.3, -0.25) is 9.69 Å². The van der Waals surface area contributed by atoms with Crippen LogP contribution in [0.3, 0.4) is 0 Å². The maximum atomic E-state index is 10.8. The minimum atomic E-state index is -0.675. The third-order valence-corrected chi connectivity index (χ3v) is 2.87. The molecule has 1 N–H and O–H groups in total. The predicted molar refractivity (Wildman–Crippen MR) is 51.5 cm³/mol. The summed E-state index contributed by atoms with van der Waals surface area (Å²) < 4.78 is 0. The number of carbonyl (C=O) groups is 1. The second-order valence-corrected chi connectivity index (χ2v) is 3.85. The van der Waals surface area contributed by atoms with Crippen molar-refractivity contribution in [1.82, 2.24) is 4.90 Å². The van der Waals surface area contributed by atoms with E-state index in [0.717, 1.165) is 6.54 Å². The lowest BCUT2D eigenvalue weighted by Gasteiger charge is -2.20. The molecule has 0 radical (unpaired) electrons. The second-order valence-electron chi connectivity index (χ2n) is 3.85. The molecule has 1 aliphatic heterocycles. The molecule has 1 rings (SSSR count). The van der Waals surface area contributed by atoms with E-state index >= 15 is 0 Å². The van der Waals surface area contributed by atoms with Crippen LogP contribution in [0.4, 0.5) is 0 Å². The van der Waals surface area contributed by atoms with Crippen molar-refractivity contribution < 1.29 is 9.90 Å². The van der Waals surface area contributed by atoms with E-state index in [1.807, 2.05) is 19.9 Å². The number of aliphatic carboxylic acids is 1. The number of likely N-dealkylation sites (tertiary alicyclic amines) is 1. The summed E-state index contributed by atoms with van der Waals surface area (Å²) in [7, 11) is 0. The zero-order valence-corrected chi connectivity index (χ0v) is 8.23. The third-order valence-electron chi connectivity index (χ3n) is 2.87. The van der Waals surface area contributed by atoms with Gasteiger partial charge in [0.1, 0.15) is 0 Å². The summed E-state index contributed by atoms with van der Waals surface area (Å²) in [5.74, 6) is -0.631. The van der Waals surface area contributed by atoms with Crippen LogP contribution in [0.2, 0.25) is 0 Å². The first kappa shape index (κ1) is 10.3. The Morgan fingerprint density at radius 1 is 1.69 bits per heavy atom. The zero-order valence-electron chi connectivity index (χ0n) is 8.23. The molecule has 74 valence electrons. The Kier molecular flexibility index (Phi) is 3.09. The SMILES string of the molecule is C=CC(C)N1CC(C)C(C(=O)O)C1. The molecule has 1 heterocycles. The Labute approximate surface area is 79.0 Å². The fourth-order valence-electron chi connectivity index (χ4n) is 1.81. The first-order valence-electron chi connectivity index (χ1n) is 4.65. The summed E-state index contributed by atoms with van der Waals surface area (Å²) >= 11 is 0.